The number of carbonyl (C=O) groups is 1. The fourth-order valence-electron chi connectivity index (χ4n) is 3.89. The van der Waals surface area contributed by atoms with Crippen molar-refractivity contribution < 1.29 is 29.2 Å². The SMILES string of the molecule is CC(C)(C)c1ccc([C@@H]2OC[C@H]3O[C@@H]4C(C(=O)O)[C@@H]4[C@@H](O)[C@@H]3O2)cc1. The van der Waals surface area contributed by atoms with Gasteiger partial charge in [-0.15, -0.1) is 0 Å². The molecule has 0 aromatic heterocycles. The molecule has 136 valence electrons. The number of hydrogen-bond acceptors (Lipinski definition) is 5. The zero-order valence-electron chi connectivity index (χ0n) is 14.6. The van der Waals surface area contributed by atoms with Gasteiger partial charge in [-0.1, -0.05) is 45.0 Å². The topological polar surface area (TPSA) is 85.2 Å². The van der Waals surface area contributed by atoms with Crippen molar-refractivity contribution >= 4 is 5.97 Å². The van der Waals surface area contributed by atoms with Crippen LogP contribution in [0, 0.1) is 11.8 Å². The predicted molar refractivity (Wildman–Crippen MR) is 88.0 cm³/mol. The maximum absolute atomic E-state index is 11.2. The van der Waals surface area contributed by atoms with Crippen molar-refractivity contribution in [1.82, 2.24) is 0 Å². The molecule has 0 radical (unpaired) electrons. The number of hydrogen-bond donors (Lipinski definition) is 2. The highest BCUT2D eigenvalue weighted by atomic mass is 16.7. The number of aliphatic carboxylic acids is 1. The lowest BCUT2D eigenvalue weighted by atomic mass is 9.86. The van der Waals surface area contributed by atoms with Gasteiger partial charge in [0.15, 0.2) is 6.29 Å². The fraction of sp³-hybridized carbons (Fsp3) is 0.632. The molecule has 3 fully saturated rings. The van der Waals surface area contributed by atoms with Crippen LogP contribution in [0.5, 0.6) is 0 Å². The average molecular weight is 348 g/mol. The first kappa shape index (κ1) is 17.0. The van der Waals surface area contributed by atoms with E-state index in [0.29, 0.717) is 0 Å². The van der Waals surface area contributed by atoms with Gasteiger partial charge in [-0.2, -0.15) is 0 Å². The zero-order chi connectivity index (χ0) is 17.9. The van der Waals surface area contributed by atoms with Gasteiger partial charge >= 0.3 is 5.97 Å². The smallest absolute Gasteiger partial charge is 0.309 e. The summed E-state index contributed by atoms with van der Waals surface area (Å²) in [5.41, 5.74) is 2.17. The highest BCUT2D eigenvalue weighted by molar-refractivity contribution is 5.75. The molecule has 1 saturated carbocycles. The van der Waals surface area contributed by atoms with Gasteiger partial charge in [0.1, 0.15) is 12.2 Å². The quantitative estimate of drug-likeness (QED) is 0.849. The van der Waals surface area contributed by atoms with Gasteiger partial charge in [0.25, 0.3) is 0 Å². The van der Waals surface area contributed by atoms with Crippen LogP contribution in [-0.4, -0.2) is 47.2 Å². The first-order chi connectivity index (χ1) is 11.8. The summed E-state index contributed by atoms with van der Waals surface area (Å²) in [4.78, 5) is 11.2. The Balaban J connectivity index is 1.48. The molecular weight excluding hydrogens is 324 g/mol. The Bertz CT molecular complexity index is 663. The third kappa shape index (κ3) is 2.87. The monoisotopic (exact) mass is 348 g/mol. The highest BCUT2D eigenvalue weighted by Gasteiger charge is 2.67. The van der Waals surface area contributed by atoms with Crippen molar-refractivity contribution in [3.05, 3.63) is 35.4 Å². The third-order valence-corrected chi connectivity index (χ3v) is 5.46. The molecule has 25 heavy (non-hydrogen) atoms. The van der Waals surface area contributed by atoms with Crippen molar-refractivity contribution in [2.24, 2.45) is 11.8 Å². The maximum Gasteiger partial charge on any atom is 0.309 e. The Hall–Kier alpha value is -1.47. The van der Waals surface area contributed by atoms with E-state index in [9.17, 15) is 15.0 Å². The number of carboxylic acid groups (broad SMARTS) is 1. The minimum atomic E-state index is -0.928. The highest BCUT2D eigenvalue weighted by Crippen LogP contribution is 2.52. The van der Waals surface area contributed by atoms with E-state index in [0.717, 1.165) is 5.56 Å². The normalized spacial score (nSPS) is 40.1. The van der Waals surface area contributed by atoms with Gasteiger partial charge in [0, 0.05) is 11.5 Å². The minimum Gasteiger partial charge on any atom is -0.481 e. The molecule has 2 N–H and O–H groups in total. The van der Waals surface area contributed by atoms with Crippen molar-refractivity contribution in [3.63, 3.8) is 0 Å². The maximum atomic E-state index is 11.2. The minimum absolute atomic E-state index is 0.0676. The number of fused-ring (bicyclic) bond motifs is 2. The summed E-state index contributed by atoms with van der Waals surface area (Å²) in [7, 11) is 0. The predicted octanol–water partition coefficient (Wildman–Crippen LogP) is 1.86. The van der Waals surface area contributed by atoms with Crippen LogP contribution >= 0.6 is 0 Å². The second-order valence-electron chi connectivity index (χ2n) is 8.21. The van der Waals surface area contributed by atoms with Crippen LogP contribution in [0.2, 0.25) is 0 Å². The van der Waals surface area contributed by atoms with Crippen molar-refractivity contribution in [2.45, 2.75) is 56.9 Å². The number of benzene rings is 1. The lowest BCUT2D eigenvalue weighted by Crippen LogP contribution is -2.53. The van der Waals surface area contributed by atoms with Crippen molar-refractivity contribution in [2.75, 3.05) is 6.61 Å². The largest absolute Gasteiger partial charge is 0.481 e. The number of aliphatic hydroxyl groups excluding tert-OH is 1. The van der Waals surface area contributed by atoms with E-state index in [4.69, 9.17) is 14.2 Å². The summed E-state index contributed by atoms with van der Waals surface area (Å²) >= 11 is 0. The molecule has 6 heteroatoms. The lowest BCUT2D eigenvalue weighted by molar-refractivity contribution is -0.300. The zero-order valence-corrected chi connectivity index (χ0v) is 14.6. The van der Waals surface area contributed by atoms with E-state index in [-0.39, 0.29) is 17.9 Å². The molecule has 2 saturated heterocycles. The van der Waals surface area contributed by atoms with E-state index < -0.39 is 42.6 Å². The molecule has 4 rings (SSSR count). The number of carboxylic acids is 1. The van der Waals surface area contributed by atoms with E-state index in [2.05, 4.69) is 32.9 Å². The number of aliphatic hydroxyl groups is 1. The standard InChI is InChI=1S/C19H24O6/c1-19(2,3)10-6-4-9(5-7-10)18-23-8-11-15(25-18)14(20)12-13(17(21)22)16(12)24-11/h4-7,11-16,18,20H,8H2,1-3H3,(H,21,22)/t11-,12-,13?,14-,15-,16+,18-/m1/s1. The third-order valence-electron chi connectivity index (χ3n) is 5.46. The first-order valence-electron chi connectivity index (χ1n) is 8.71. The van der Waals surface area contributed by atoms with E-state index in [1.165, 1.54) is 5.56 Å². The Labute approximate surface area is 146 Å². The fourth-order valence-corrected chi connectivity index (χ4v) is 3.89. The molecule has 6 nitrogen and oxygen atoms in total. The van der Waals surface area contributed by atoms with Gasteiger partial charge in [-0.05, 0) is 11.0 Å². The Morgan fingerprint density at radius 2 is 1.80 bits per heavy atom. The second-order valence-corrected chi connectivity index (χ2v) is 8.21. The summed E-state index contributed by atoms with van der Waals surface area (Å²) < 4.78 is 17.5. The van der Waals surface area contributed by atoms with Crippen LogP contribution in [0.3, 0.4) is 0 Å². The average Bonchev–Trinajstić information content (AvgIpc) is 3.29. The van der Waals surface area contributed by atoms with Crippen LogP contribution < -0.4 is 0 Å². The Morgan fingerprint density at radius 1 is 1.12 bits per heavy atom. The van der Waals surface area contributed by atoms with E-state index in [1.807, 2.05) is 12.1 Å². The lowest BCUT2D eigenvalue weighted by Gasteiger charge is -2.41. The summed E-state index contributed by atoms with van der Waals surface area (Å²) in [6.07, 6.45) is -2.84. The molecule has 1 unspecified atom stereocenters. The number of rotatable bonds is 2. The van der Waals surface area contributed by atoms with Crippen LogP contribution in [0.4, 0.5) is 0 Å². The molecule has 3 aliphatic rings. The molecule has 2 heterocycles. The van der Waals surface area contributed by atoms with Crippen molar-refractivity contribution in [3.8, 4) is 0 Å². The summed E-state index contributed by atoms with van der Waals surface area (Å²) in [5.74, 6) is -1.96. The molecule has 0 spiro atoms. The first-order valence-corrected chi connectivity index (χ1v) is 8.71. The van der Waals surface area contributed by atoms with E-state index in [1.54, 1.807) is 0 Å². The van der Waals surface area contributed by atoms with Gasteiger partial charge in [0.05, 0.1) is 24.7 Å². The molecule has 2 aliphatic heterocycles. The Kier molecular flexibility index (Phi) is 3.92. The summed E-state index contributed by atoms with van der Waals surface area (Å²) in [6.45, 7) is 6.74. The molecule has 1 aromatic rings. The summed E-state index contributed by atoms with van der Waals surface area (Å²) in [5, 5.41) is 19.7. The molecule has 1 aliphatic carbocycles. The summed E-state index contributed by atoms with van der Waals surface area (Å²) in [6, 6.07) is 8.06. The van der Waals surface area contributed by atoms with Gasteiger partial charge < -0.3 is 24.4 Å². The molecule has 0 bridgehead atoms. The van der Waals surface area contributed by atoms with E-state index >= 15 is 0 Å². The number of ether oxygens (including phenoxy) is 3. The Morgan fingerprint density at radius 3 is 2.40 bits per heavy atom. The molecular formula is C19H24O6. The van der Waals surface area contributed by atoms with Crippen LogP contribution in [0.25, 0.3) is 0 Å². The van der Waals surface area contributed by atoms with Crippen LogP contribution in [0.1, 0.15) is 38.2 Å². The molecule has 1 aromatic carbocycles. The second kappa shape index (κ2) is 5.77. The van der Waals surface area contributed by atoms with Crippen molar-refractivity contribution in [1.29, 1.82) is 0 Å². The van der Waals surface area contributed by atoms with Gasteiger partial charge in [0.2, 0.25) is 0 Å². The van der Waals surface area contributed by atoms with Crippen LogP contribution in [0.15, 0.2) is 24.3 Å². The van der Waals surface area contributed by atoms with Gasteiger partial charge in [-0.25, -0.2) is 0 Å². The molecule has 0 amide bonds. The van der Waals surface area contributed by atoms with Crippen LogP contribution in [-0.2, 0) is 24.4 Å². The van der Waals surface area contributed by atoms with Gasteiger partial charge in [-0.3, -0.25) is 4.79 Å². The molecule has 7 atom stereocenters.